The number of nitrogens with two attached hydrogens (primary N) is 1. The third kappa shape index (κ3) is 4.12. The Labute approximate surface area is 119 Å². The van der Waals surface area contributed by atoms with Gasteiger partial charge in [-0.1, -0.05) is 0 Å². The molecular formula is C13H14F3N3O2. The highest BCUT2D eigenvalue weighted by molar-refractivity contribution is 5.76. The number of aromatic nitrogens is 2. The molecule has 114 valence electrons. The molecule has 0 aliphatic rings. The second-order valence-electron chi connectivity index (χ2n) is 4.28. The van der Waals surface area contributed by atoms with Crippen LogP contribution in [0.1, 0.15) is 0 Å². The standard InChI is InChI=1S/C13H14F3N3O2/c1-20-5-4-19-8-9(7-18-19)11-3-2-10(6-12(11)17)21-13(14,15)16/h2-3,6-8H,4-5,17H2,1H3. The van der Waals surface area contributed by atoms with Gasteiger partial charge in [-0.3, -0.25) is 4.68 Å². The van der Waals surface area contributed by atoms with Crippen molar-refractivity contribution in [3.63, 3.8) is 0 Å². The average molecular weight is 301 g/mol. The van der Waals surface area contributed by atoms with Gasteiger partial charge in [-0.25, -0.2) is 0 Å². The molecule has 0 bridgehead atoms. The van der Waals surface area contributed by atoms with Crippen LogP contribution in [0.15, 0.2) is 30.6 Å². The fourth-order valence-electron chi connectivity index (χ4n) is 1.81. The number of hydrogen-bond acceptors (Lipinski definition) is 4. The Kier molecular flexibility index (Phi) is 4.37. The van der Waals surface area contributed by atoms with Gasteiger partial charge in [0.2, 0.25) is 0 Å². The normalized spacial score (nSPS) is 11.6. The Morgan fingerprint density at radius 2 is 2.10 bits per heavy atom. The minimum Gasteiger partial charge on any atom is -0.406 e. The first-order valence-corrected chi connectivity index (χ1v) is 6.06. The quantitative estimate of drug-likeness (QED) is 0.862. The van der Waals surface area contributed by atoms with E-state index in [-0.39, 0.29) is 11.4 Å². The monoisotopic (exact) mass is 301 g/mol. The number of alkyl halides is 3. The Hall–Kier alpha value is -2.22. The van der Waals surface area contributed by atoms with Crippen molar-refractivity contribution in [1.29, 1.82) is 0 Å². The highest BCUT2D eigenvalue weighted by Crippen LogP contribution is 2.31. The van der Waals surface area contributed by atoms with Gasteiger partial charge in [0, 0.05) is 36.2 Å². The summed E-state index contributed by atoms with van der Waals surface area (Å²) in [6.45, 7) is 1.08. The second-order valence-corrected chi connectivity index (χ2v) is 4.28. The van der Waals surface area contributed by atoms with Crippen molar-refractivity contribution in [2.75, 3.05) is 19.5 Å². The summed E-state index contributed by atoms with van der Waals surface area (Å²) in [5, 5.41) is 4.12. The molecule has 2 aromatic rings. The van der Waals surface area contributed by atoms with Gasteiger partial charge in [-0.2, -0.15) is 5.10 Å². The van der Waals surface area contributed by atoms with Crippen LogP contribution in [0.4, 0.5) is 18.9 Å². The number of halogens is 3. The zero-order chi connectivity index (χ0) is 15.5. The third-order valence-electron chi connectivity index (χ3n) is 2.73. The Bertz CT molecular complexity index is 611. The van der Waals surface area contributed by atoms with E-state index in [9.17, 15) is 13.2 Å². The van der Waals surface area contributed by atoms with E-state index in [1.54, 1.807) is 24.2 Å². The molecule has 0 amide bonds. The van der Waals surface area contributed by atoms with Crippen LogP contribution >= 0.6 is 0 Å². The van der Waals surface area contributed by atoms with E-state index >= 15 is 0 Å². The first-order chi connectivity index (χ1) is 9.89. The van der Waals surface area contributed by atoms with E-state index in [2.05, 4.69) is 9.84 Å². The third-order valence-corrected chi connectivity index (χ3v) is 2.73. The molecular weight excluding hydrogens is 287 g/mol. The number of nitrogens with zero attached hydrogens (tertiary/aromatic N) is 2. The zero-order valence-electron chi connectivity index (χ0n) is 11.2. The molecule has 1 aromatic carbocycles. The maximum absolute atomic E-state index is 12.1. The molecule has 0 fully saturated rings. The lowest BCUT2D eigenvalue weighted by atomic mass is 10.1. The lowest BCUT2D eigenvalue weighted by Gasteiger charge is -2.10. The van der Waals surface area contributed by atoms with Crippen LogP contribution in [0, 0.1) is 0 Å². The van der Waals surface area contributed by atoms with Crippen molar-refractivity contribution in [2.24, 2.45) is 0 Å². The van der Waals surface area contributed by atoms with Gasteiger partial charge in [0.1, 0.15) is 5.75 Å². The minimum absolute atomic E-state index is 0.183. The summed E-state index contributed by atoms with van der Waals surface area (Å²) in [5.41, 5.74) is 7.26. The van der Waals surface area contributed by atoms with Gasteiger partial charge < -0.3 is 15.2 Å². The molecule has 2 N–H and O–H groups in total. The summed E-state index contributed by atoms with van der Waals surface area (Å²) < 4.78 is 46.8. The fourth-order valence-corrected chi connectivity index (χ4v) is 1.81. The van der Waals surface area contributed by atoms with Crippen molar-refractivity contribution >= 4 is 5.69 Å². The molecule has 0 aliphatic carbocycles. The van der Waals surface area contributed by atoms with E-state index in [0.717, 1.165) is 6.07 Å². The van der Waals surface area contributed by atoms with E-state index in [0.29, 0.717) is 24.3 Å². The molecule has 0 saturated carbocycles. The predicted molar refractivity (Wildman–Crippen MR) is 70.6 cm³/mol. The van der Waals surface area contributed by atoms with Crippen LogP contribution in [-0.2, 0) is 11.3 Å². The fraction of sp³-hybridized carbons (Fsp3) is 0.308. The second kappa shape index (κ2) is 6.04. The van der Waals surface area contributed by atoms with Crippen LogP contribution in [0.5, 0.6) is 5.75 Å². The molecule has 5 nitrogen and oxygen atoms in total. The molecule has 8 heteroatoms. The van der Waals surface area contributed by atoms with Gasteiger partial charge in [-0.05, 0) is 12.1 Å². The van der Waals surface area contributed by atoms with E-state index < -0.39 is 6.36 Å². The van der Waals surface area contributed by atoms with Crippen LogP contribution in [0.25, 0.3) is 11.1 Å². The molecule has 0 saturated heterocycles. The number of nitrogen functional groups attached to an aromatic ring is 1. The number of rotatable bonds is 5. The van der Waals surface area contributed by atoms with E-state index in [1.165, 1.54) is 12.1 Å². The first-order valence-electron chi connectivity index (χ1n) is 6.06. The molecule has 21 heavy (non-hydrogen) atoms. The summed E-state index contributed by atoms with van der Waals surface area (Å²) in [5.74, 6) is -0.351. The number of hydrogen-bond donors (Lipinski definition) is 1. The number of methoxy groups -OCH3 is 1. The minimum atomic E-state index is -4.74. The molecule has 2 rings (SSSR count). The van der Waals surface area contributed by atoms with Crippen molar-refractivity contribution in [3.05, 3.63) is 30.6 Å². The van der Waals surface area contributed by atoms with Crippen LogP contribution < -0.4 is 10.5 Å². The summed E-state index contributed by atoms with van der Waals surface area (Å²) >= 11 is 0. The summed E-state index contributed by atoms with van der Waals surface area (Å²) in [6, 6.07) is 3.81. The predicted octanol–water partition coefficient (Wildman–Crippen LogP) is 2.68. The van der Waals surface area contributed by atoms with Crippen molar-refractivity contribution in [1.82, 2.24) is 9.78 Å². The van der Waals surface area contributed by atoms with Gasteiger partial charge in [0.15, 0.2) is 0 Å². The first kappa shape index (κ1) is 15.2. The van der Waals surface area contributed by atoms with Crippen LogP contribution in [-0.4, -0.2) is 29.9 Å². The van der Waals surface area contributed by atoms with Gasteiger partial charge in [0.25, 0.3) is 0 Å². The summed E-state index contributed by atoms with van der Waals surface area (Å²) in [6.07, 6.45) is -1.40. The molecule has 0 aliphatic heterocycles. The Balaban J connectivity index is 2.18. The molecule has 1 aromatic heterocycles. The van der Waals surface area contributed by atoms with Gasteiger partial charge in [0.05, 0.1) is 19.3 Å². The molecule has 0 unspecified atom stereocenters. The van der Waals surface area contributed by atoms with E-state index in [4.69, 9.17) is 10.5 Å². The molecule has 0 atom stereocenters. The smallest absolute Gasteiger partial charge is 0.406 e. The van der Waals surface area contributed by atoms with E-state index in [1.807, 2.05) is 0 Å². The van der Waals surface area contributed by atoms with Crippen molar-refractivity contribution < 1.29 is 22.6 Å². The number of benzene rings is 1. The van der Waals surface area contributed by atoms with Gasteiger partial charge in [-0.15, -0.1) is 13.2 Å². The largest absolute Gasteiger partial charge is 0.573 e. The maximum atomic E-state index is 12.1. The lowest BCUT2D eigenvalue weighted by Crippen LogP contribution is -2.17. The molecule has 0 spiro atoms. The lowest BCUT2D eigenvalue weighted by molar-refractivity contribution is -0.274. The molecule has 1 heterocycles. The summed E-state index contributed by atoms with van der Waals surface area (Å²) in [4.78, 5) is 0. The van der Waals surface area contributed by atoms with Crippen LogP contribution in [0.2, 0.25) is 0 Å². The zero-order valence-corrected chi connectivity index (χ0v) is 11.2. The molecule has 0 radical (unpaired) electrons. The highest BCUT2D eigenvalue weighted by atomic mass is 19.4. The highest BCUT2D eigenvalue weighted by Gasteiger charge is 2.31. The van der Waals surface area contributed by atoms with Crippen molar-refractivity contribution in [3.8, 4) is 16.9 Å². The van der Waals surface area contributed by atoms with Crippen LogP contribution in [0.3, 0.4) is 0 Å². The number of anilines is 1. The van der Waals surface area contributed by atoms with Crippen molar-refractivity contribution in [2.45, 2.75) is 12.9 Å². The average Bonchev–Trinajstić information content (AvgIpc) is 2.83. The summed E-state index contributed by atoms with van der Waals surface area (Å²) in [7, 11) is 1.59. The number of ether oxygens (including phenoxy) is 2. The maximum Gasteiger partial charge on any atom is 0.573 e. The van der Waals surface area contributed by atoms with Gasteiger partial charge >= 0.3 is 6.36 Å². The topological polar surface area (TPSA) is 62.3 Å². The Morgan fingerprint density at radius 1 is 1.33 bits per heavy atom. The Morgan fingerprint density at radius 3 is 2.71 bits per heavy atom. The SMILES string of the molecule is COCCn1cc(-c2ccc(OC(F)(F)F)cc2N)cn1.